The number of nitrogens with two attached hydrogens (primary N) is 1. The molecule has 1 unspecified atom stereocenters. The van der Waals surface area contributed by atoms with Crippen molar-refractivity contribution in [3.8, 4) is 0 Å². The molecule has 2 nitrogen and oxygen atoms in total. The minimum absolute atomic E-state index is 0.271. The molecule has 84 valence electrons. The largest absolute Gasteiger partial charge is 0.327 e. The topological polar surface area (TPSA) is 29.3 Å². The van der Waals surface area contributed by atoms with Gasteiger partial charge in [-0.05, 0) is 73.8 Å². The van der Waals surface area contributed by atoms with Crippen molar-refractivity contribution >= 4 is 22.6 Å². The molecule has 0 fully saturated rings. The van der Waals surface area contributed by atoms with Gasteiger partial charge in [-0.1, -0.05) is 12.1 Å². The molecule has 0 aliphatic rings. The number of hydrogen-bond acceptors (Lipinski definition) is 2. The molecule has 1 rings (SSSR count). The zero-order valence-electron chi connectivity index (χ0n) is 9.41. The Hall–Kier alpha value is -0.130. The van der Waals surface area contributed by atoms with Gasteiger partial charge < -0.3 is 10.6 Å². The van der Waals surface area contributed by atoms with E-state index >= 15 is 0 Å². The molecule has 0 amide bonds. The lowest BCUT2D eigenvalue weighted by Gasteiger charge is -2.15. The number of halogens is 1. The highest BCUT2D eigenvalue weighted by molar-refractivity contribution is 14.1. The number of hydrogen-bond donors (Lipinski definition) is 1. The van der Waals surface area contributed by atoms with Crippen molar-refractivity contribution in [3.05, 3.63) is 33.4 Å². The van der Waals surface area contributed by atoms with Crippen molar-refractivity contribution in [1.29, 1.82) is 0 Å². The molecular formula is C12H19IN2. The van der Waals surface area contributed by atoms with Crippen molar-refractivity contribution in [2.75, 3.05) is 20.6 Å². The van der Waals surface area contributed by atoms with Gasteiger partial charge in [-0.3, -0.25) is 0 Å². The summed E-state index contributed by atoms with van der Waals surface area (Å²) in [6.45, 7) is 1.06. The Morgan fingerprint density at radius 2 is 1.87 bits per heavy atom. The fraction of sp³-hybridized carbons (Fsp3) is 0.500. The summed E-state index contributed by atoms with van der Waals surface area (Å²) in [5.41, 5.74) is 7.40. The number of rotatable bonds is 5. The molecule has 3 heteroatoms. The van der Waals surface area contributed by atoms with Gasteiger partial charge in [0.2, 0.25) is 0 Å². The molecule has 0 radical (unpaired) electrons. The lowest BCUT2D eigenvalue weighted by Crippen LogP contribution is -2.28. The van der Waals surface area contributed by atoms with Gasteiger partial charge in [0, 0.05) is 9.61 Å². The molecule has 0 aliphatic carbocycles. The maximum absolute atomic E-state index is 6.06. The number of benzene rings is 1. The summed E-state index contributed by atoms with van der Waals surface area (Å²) in [7, 11) is 4.16. The molecule has 0 saturated carbocycles. The van der Waals surface area contributed by atoms with E-state index in [-0.39, 0.29) is 6.04 Å². The minimum Gasteiger partial charge on any atom is -0.327 e. The van der Waals surface area contributed by atoms with Gasteiger partial charge in [-0.25, -0.2) is 0 Å². The first-order valence-electron chi connectivity index (χ1n) is 5.22. The van der Waals surface area contributed by atoms with Crippen LogP contribution in [0.5, 0.6) is 0 Å². The van der Waals surface area contributed by atoms with Crippen molar-refractivity contribution in [2.24, 2.45) is 5.73 Å². The second-order valence-electron chi connectivity index (χ2n) is 4.18. The quantitative estimate of drug-likeness (QED) is 0.843. The van der Waals surface area contributed by atoms with Crippen LogP contribution in [0.25, 0.3) is 0 Å². The van der Waals surface area contributed by atoms with Crippen LogP contribution in [-0.2, 0) is 6.42 Å². The van der Waals surface area contributed by atoms with E-state index < -0.39 is 0 Å². The molecule has 1 aromatic rings. The van der Waals surface area contributed by atoms with Crippen molar-refractivity contribution in [1.82, 2.24) is 4.90 Å². The van der Waals surface area contributed by atoms with Crippen molar-refractivity contribution in [3.63, 3.8) is 0 Å². The van der Waals surface area contributed by atoms with E-state index in [1.807, 2.05) is 0 Å². The molecule has 1 atom stereocenters. The highest BCUT2D eigenvalue weighted by atomic mass is 127. The van der Waals surface area contributed by atoms with Crippen LogP contribution in [0.4, 0.5) is 0 Å². The van der Waals surface area contributed by atoms with Gasteiger partial charge in [0.25, 0.3) is 0 Å². The Morgan fingerprint density at radius 3 is 2.40 bits per heavy atom. The van der Waals surface area contributed by atoms with E-state index in [1.165, 1.54) is 9.13 Å². The average Bonchev–Trinajstić information content (AvgIpc) is 2.19. The van der Waals surface area contributed by atoms with Crippen LogP contribution < -0.4 is 5.73 Å². The van der Waals surface area contributed by atoms with E-state index in [4.69, 9.17) is 5.73 Å². The zero-order valence-corrected chi connectivity index (χ0v) is 11.6. The zero-order chi connectivity index (χ0) is 11.3. The summed E-state index contributed by atoms with van der Waals surface area (Å²) in [6.07, 6.45) is 2.03. The highest BCUT2D eigenvalue weighted by Crippen LogP contribution is 2.09. The molecule has 0 heterocycles. The smallest absolute Gasteiger partial charge is 0.0130 e. The van der Waals surface area contributed by atoms with Gasteiger partial charge >= 0.3 is 0 Å². The molecule has 0 bridgehead atoms. The van der Waals surface area contributed by atoms with Gasteiger partial charge in [0.05, 0.1) is 0 Å². The fourth-order valence-electron chi connectivity index (χ4n) is 1.45. The molecule has 1 aromatic carbocycles. The minimum atomic E-state index is 0.271. The predicted octanol–water partition coefficient (Wildman–Crippen LogP) is 2.11. The van der Waals surface area contributed by atoms with Crippen LogP contribution in [0.3, 0.4) is 0 Å². The van der Waals surface area contributed by atoms with Crippen molar-refractivity contribution < 1.29 is 0 Å². The summed E-state index contributed by atoms with van der Waals surface area (Å²) in [5, 5.41) is 0. The van der Waals surface area contributed by atoms with Crippen LogP contribution in [0, 0.1) is 3.57 Å². The van der Waals surface area contributed by atoms with Gasteiger partial charge in [0.15, 0.2) is 0 Å². The maximum Gasteiger partial charge on any atom is 0.0130 e. The summed E-state index contributed by atoms with van der Waals surface area (Å²) in [6, 6.07) is 8.87. The number of nitrogens with zero attached hydrogens (tertiary/aromatic N) is 1. The first-order chi connectivity index (χ1) is 7.08. The standard InChI is InChI=1S/C12H19IN2/c1-15(2)8-7-12(14)9-10-3-5-11(13)6-4-10/h3-6,12H,7-9,14H2,1-2H3. The highest BCUT2D eigenvalue weighted by Gasteiger charge is 2.04. The molecule has 15 heavy (non-hydrogen) atoms. The molecule has 0 aliphatic heterocycles. The molecule has 0 spiro atoms. The SMILES string of the molecule is CN(C)CCC(N)Cc1ccc(I)cc1. The van der Waals surface area contributed by atoms with E-state index in [0.717, 1.165) is 19.4 Å². The van der Waals surface area contributed by atoms with Crippen LogP contribution in [-0.4, -0.2) is 31.6 Å². The van der Waals surface area contributed by atoms with Crippen LogP contribution in [0.15, 0.2) is 24.3 Å². The second kappa shape index (κ2) is 6.45. The summed E-state index contributed by atoms with van der Waals surface area (Å²) < 4.78 is 1.28. The maximum atomic E-state index is 6.06. The fourth-order valence-corrected chi connectivity index (χ4v) is 1.81. The summed E-state index contributed by atoms with van der Waals surface area (Å²) in [5.74, 6) is 0. The summed E-state index contributed by atoms with van der Waals surface area (Å²) >= 11 is 2.32. The van der Waals surface area contributed by atoms with E-state index in [0.29, 0.717) is 0 Å². The van der Waals surface area contributed by atoms with Gasteiger partial charge in [0.1, 0.15) is 0 Å². The van der Waals surface area contributed by atoms with Crippen LogP contribution >= 0.6 is 22.6 Å². The Kier molecular flexibility index (Phi) is 5.56. The molecular weight excluding hydrogens is 299 g/mol. The Labute approximate surface area is 106 Å². The summed E-state index contributed by atoms with van der Waals surface area (Å²) in [4.78, 5) is 2.17. The molecule has 0 saturated heterocycles. The first kappa shape index (κ1) is 12.9. The molecule has 0 aromatic heterocycles. The van der Waals surface area contributed by atoms with Crippen LogP contribution in [0.1, 0.15) is 12.0 Å². The Morgan fingerprint density at radius 1 is 1.27 bits per heavy atom. The van der Waals surface area contributed by atoms with Gasteiger partial charge in [-0.15, -0.1) is 0 Å². The lowest BCUT2D eigenvalue weighted by atomic mass is 10.0. The van der Waals surface area contributed by atoms with E-state index in [1.54, 1.807) is 0 Å². The molecule has 2 N–H and O–H groups in total. The predicted molar refractivity (Wildman–Crippen MR) is 74.0 cm³/mol. The van der Waals surface area contributed by atoms with Crippen molar-refractivity contribution in [2.45, 2.75) is 18.9 Å². The lowest BCUT2D eigenvalue weighted by molar-refractivity contribution is 0.379. The Bertz CT molecular complexity index is 282. The third-order valence-corrected chi connectivity index (χ3v) is 3.08. The average molecular weight is 318 g/mol. The van der Waals surface area contributed by atoms with E-state index in [2.05, 4.69) is 65.9 Å². The van der Waals surface area contributed by atoms with Gasteiger partial charge in [-0.2, -0.15) is 0 Å². The monoisotopic (exact) mass is 318 g/mol. The Balaban J connectivity index is 2.37. The van der Waals surface area contributed by atoms with Crippen LogP contribution in [0.2, 0.25) is 0 Å². The second-order valence-corrected chi connectivity index (χ2v) is 5.43. The third-order valence-electron chi connectivity index (χ3n) is 2.36. The van der Waals surface area contributed by atoms with E-state index in [9.17, 15) is 0 Å². The third kappa shape index (κ3) is 5.49. The first-order valence-corrected chi connectivity index (χ1v) is 6.30. The normalized spacial score (nSPS) is 13.1.